The minimum Gasteiger partial charge on any atom is -0.444 e. The summed E-state index contributed by atoms with van der Waals surface area (Å²) in [4.78, 5) is 31.8. The summed E-state index contributed by atoms with van der Waals surface area (Å²) in [6.45, 7) is 10.0. The number of rotatable bonds is 3. The number of likely N-dealkylation sites (tertiary alicyclic amines) is 1. The molecule has 1 atom stereocenters. The van der Waals surface area contributed by atoms with Crippen LogP contribution in [0.4, 0.5) is 4.79 Å². The fraction of sp³-hybridized carbons (Fsp3) is 0.706. The lowest BCUT2D eigenvalue weighted by molar-refractivity contribution is 0.00948. The molecular weight excluding hydrogens is 312 g/mol. The summed E-state index contributed by atoms with van der Waals surface area (Å²) in [6.07, 6.45) is 2.89. The molecule has 2 heterocycles. The number of amides is 1. The molecule has 1 unspecified atom stereocenters. The van der Waals surface area contributed by atoms with E-state index in [0.717, 1.165) is 34.8 Å². The third-order valence-corrected chi connectivity index (χ3v) is 4.95. The second-order valence-corrected chi connectivity index (χ2v) is 8.30. The third kappa shape index (κ3) is 4.77. The highest BCUT2D eigenvalue weighted by Gasteiger charge is 2.32. The van der Waals surface area contributed by atoms with Crippen molar-refractivity contribution in [2.75, 3.05) is 6.54 Å². The summed E-state index contributed by atoms with van der Waals surface area (Å²) in [5.74, 6) is 0.0774. The smallest absolute Gasteiger partial charge is 0.410 e. The van der Waals surface area contributed by atoms with Gasteiger partial charge in [-0.3, -0.25) is 4.79 Å². The van der Waals surface area contributed by atoms with Crippen LogP contribution in [0.25, 0.3) is 0 Å². The molecule has 1 amide bonds. The SMILES string of the molecule is Cc1nc(C)c(C(=O)CC2CCCCN2C(=O)OC(C)(C)C)s1. The van der Waals surface area contributed by atoms with Crippen LogP contribution in [-0.2, 0) is 4.74 Å². The van der Waals surface area contributed by atoms with E-state index in [1.807, 2.05) is 34.6 Å². The number of hydrogen-bond acceptors (Lipinski definition) is 5. The number of thiazole rings is 1. The fourth-order valence-corrected chi connectivity index (χ4v) is 3.74. The highest BCUT2D eigenvalue weighted by molar-refractivity contribution is 7.13. The van der Waals surface area contributed by atoms with Gasteiger partial charge in [0.15, 0.2) is 5.78 Å². The Morgan fingerprint density at radius 1 is 1.30 bits per heavy atom. The molecule has 1 aromatic rings. The summed E-state index contributed by atoms with van der Waals surface area (Å²) in [7, 11) is 0. The molecule has 0 aromatic carbocycles. The van der Waals surface area contributed by atoms with Gasteiger partial charge in [0.25, 0.3) is 0 Å². The molecule has 0 saturated carbocycles. The van der Waals surface area contributed by atoms with Crippen molar-refractivity contribution in [2.45, 2.75) is 71.9 Å². The number of carbonyl (C=O) groups is 2. The average molecular weight is 338 g/mol. The molecule has 0 spiro atoms. The second-order valence-electron chi connectivity index (χ2n) is 7.10. The van der Waals surface area contributed by atoms with Crippen LogP contribution >= 0.6 is 11.3 Å². The zero-order valence-corrected chi connectivity index (χ0v) is 15.5. The number of ether oxygens (including phenoxy) is 1. The first-order valence-corrected chi connectivity index (χ1v) is 8.96. The molecule has 1 aromatic heterocycles. The Balaban J connectivity index is 2.08. The molecule has 0 radical (unpaired) electrons. The molecule has 2 rings (SSSR count). The number of carbonyl (C=O) groups excluding carboxylic acids is 2. The number of ketones is 1. The van der Waals surface area contributed by atoms with E-state index in [2.05, 4.69) is 4.98 Å². The first-order valence-electron chi connectivity index (χ1n) is 8.14. The Morgan fingerprint density at radius 2 is 2.00 bits per heavy atom. The lowest BCUT2D eigenvalue weighted by Gasteiger charge is -2.36. The Kier molecular flexibility index (Phi) is 5.45. The number of nitrogens with zero attached hydrogens (tertiary/aromatic N) is 2. The Morgan fingerprint density at radius 3 is 2.57 bits per heavy atom. The van der Waals surface area contributed by atoms with Crippen LogP contribution in [0.15, 0.2) is 0 Å². The molecule has 0 aliphatic carbocycles. The number of aryl methyl sites for hydroxylation is 2. The molecule has 6 heteroatoms. The van der Waals surface area contributed by atoms with E-state index >= 15 is 0 Å². The van der Waals surface area contributed by atoms with E-state index in [1.165, 1.54) is 11.3 Å². The molecule has 23 heavy (non-hydrogen) atoms. The Bertz CT molecular complexity index is 589. The predicted molar refractivity (Wildman–Crippen MR) is 91.1 cm³/mol. The molecule has 0 bridgehead atoms. The monoisotopic (exact) mass is 338 g/mol. The van der Waals surface area contributed by atoms with Crippen molar-refractivity contribution < 1.29 is 14.3 Å². The topological polar surface area (TPSA) is 59.5 Å². The highest BCUT2D eigenvalue weighted by atomic mass is 32.1. The van der Waals surface area contributed by atoms with Crippen molar-refractivity contribution in [3.63, 3.8) is 0 Å². The van der Waals surface area contributed by atoms with Crippen molar-refractivity contribution in [3.8, 4) is 0 Å². The normalized spacial score (nSPS) is 18.8. The van der Waals surface area contributed by atoms with Gasteiger partial charge in [-0.05, 0) is 53.9 Å². The fourth-order valence-electron chi connectivity index (χ4n) is 2.87. The molecule has 1 aliphatic heterocycles. The van der Waals surface area contributed by atoms with Crippen LogP contribution < -0.4 is 0 Å². The standard InChI is InChI=1S/C17H26N2O3S/c1-11-15(23-12(2)18-11)14(20)10-13-8-6-7-9-19(13)16(21)22-17(3,4)5/h13H,6-10H2,1-5H3. The van der Waals surface area contributed by atoms with Crippen LogP contribution in [0.5, 0.6) is 0 Å². The molecule has 1 saturated heterocycles. The third-order valence-electron chi connectivity index (χ3n) is 3.83. The van der Waals surface area contributed by atoms with Gasteiger partial charge in [0.1, 0.15) is 5.60 Å². The van der Waals surface area contributed by atoms with Gasteiger partial charge in [-0.25, -0.2) is 9.78 Å². The van der Waals surface area contributed by atoms with Gasteiger partial charge in [0, 0.05) is 19.0 Å². The van der Waals surface area contributed by atoms with E-state index in [4.69, 9.17) is 4.74 Å². The van der Waals surface area contributed by atoms with Gasteiger partial charge < -0.3 is 9.64 Å². The van der Waals surface area contributed by atoms with Crippen LogP contribution in [-0.4, -0.2) is 39.9 Å². The largest absolute Gasteiger partial charge is 0.444 e. The van der Waals surface area contributed by atoms with Crippen molar-refractivity contribution in [2.24, 2.45) is 0 Å². The maximum absolute atomic E-state index is 12.6. The predicted octanol–water partition coefficient (Wildman–Crippen LogP) is 4.12. The van der Waals surface area contributed by atoms with Gasteiger partial charge in [-0.15, -0.1) is 11.3 Å². The molecule has 1 aliphatic rings. The van der Waals surface area contributed by atoms with Crippen LogP contribution in [0.2, 0.25) is 0 Å². The minimum absolute atomic E-state index is 0.0760. The van der Waals surface area contributed by atoms with Crippen LogP contribution in [0, 0.1) is 13.8 Å². The number of Topliss-reactive ketones (excluding diaryl/α,β-unsaturated/α-hetero) is 1. The molecule has 1 fully saturated rings. The van der Waals surface area contributed by atoms with Gasteiger partial charge in [-0.2, -0.15) is 0 Å². The van der Waals surface area contributed by atoms with Gasteiger partial charge in [0.2, 0.25) is 0 Å². The summed E-state index contributed by atoms with van der Waals surface area (Å²) in [5.41, 5.74) is 0.270. The lowest BCUT2D eigenvalue weighted by Crippen LogP contribution is -2.46. The maximum Gasteiger partial charge on any atom is 0.410 e. The number of hydrogen-bond donors (Lipinski definition) is 0. The summed E-state index contributed by atoms with van der Waals surface area (Å²) in [6, 6.07) is -0.0760. The zero-order valence-electron chi connectivity index (χ0n) is 14.6. The minimum atomic E-state index is -0.519. The van der Waals surface area contributed by atoms with E-state index in [1.54, 1.807) is 4.90 Å². The zero-order chi connectivity index (χ0) is 17.2. The molecule has 5 nitrogen and oxygen atoms in total. The van der Waals surface area contributed by atoms with Gasteiger partial charge >= 0.3 is 6.09 Å². The first kappa shape index (κ1) is 17.9. The Hall–Kier alpha value is -1.43. The number of aromatic nitrogens is 1. The van der Waals surface area contributed by atoms with Crippen LogP contribution in [0.3, 0.4) is 0 Å². The number of piperidine rings is 1. The van der Waals surface area contributed by atoms with E-state index in [9.17, 15) is 9.59 Å². The van der Waals surface area contributed by atoms with E-state index < -0.39 is 5.60 Å². The van der Waals surface area contributed by atoms with Crippen molar-refractivity contribution in [1.29, 1.82) is 0 Å². The summed E-state index contributed by atoms with van der Waals surface area (Å²) in [5, 5.41) is 0.901. The lowest BCUT2D eigenvalue weighted by atomic mass is 9.97. The van der Waals surface area contributed by atoms with Gasteiger partial charge in [0.05, 0.1) is 15.6 Å². The Labute approximate surface area is 142 Å². The van der Waals surface area contributed by atoms with Crippen molar-refractivity contribution in [3.05, 3.63) is 15.6 Å². The van der Waals surface area contributed by atoms with Crippen molar-refractivity contribution >= 4 is 23.2 Å². The average Bonchev–Trinajstić information content (AvgIpc) is 2.76. The summed E-state index contributed by atoms with van der Waals surface area (Å²) < 4.78 is 5.49. The van der Waals surface area contributed by atoms with E-state index in [0.29, 0.717) is 13.0 Å². The highest BCUT2D eigenvalue weighted by Crippen LogP contribution is 2.26. The first-order chi connectivity index (χ1) is 10.7. The van der Waals surface area contributed by atoms with Crippen molar-refractivity contribution in [1.82, 2.24) is 9.88 Å². The maximum atomic E-state index is 12.6. The van der Waals surface area contributed by atoms with Crippen LogP contribution in [0.1, 0.15) is 66.8 Å². The van der Waals surface area contributed by atoms with E-state index in [-0.39, 0.29) is 17.9 Å². The molecule has 0 N–H and O–H groups in total. The second kappa shape index (κ2) is 6.99. The van der Waals surface area contributed by atoms with Gasteiger partial charge in [-0.1, -0.05) is 0 Å². The quantitative estimate of drug-likeness (QED) is 0.778. The molecular formula is C17H26N2O3S. The molecule has 128 valence electrons. The summed E-state index contributed by atoms with van der Waals surface area (Å²) >= 11 is 1.44.